The van der Waals surface area contributed by atoms with E-state index < -0.39 is 6.10 Å². The second kappa shape index (κ2) is 8.69. The van der Waals surface area contributed by atoms with Crippen molar-refractivity contribution in [2.45, 2.75) is 39.3 Å². The molecule has 0 radical (unpaired) electrons. The molecule has 0 fully saturated rings. The molecule has 0 aliphatic heterocycles. The lowest BCUT2D eigenvalue weighted by Gasteiger charge is -2.25. The third kappa shape index (κ3) is 5.55. The van der Waals surface area contributed by atoms with Crippen molar-refractivity contribution in [3.05, 3.63) is 34.0 Å². The van der Waals surface area contributed by atoms with Gasteiger partial charge in [-0.05, 0) is 48.6 Å². The first-order valence-corrected chi connectivity index (χ1v) is 8.69. The molecule has 118 valence electrons. The molecule has 0 saturated carbocycles. The molecule has 1 aromatic rings. The van der Waals surface area contributed by atoms with Crippen LogP contribution in [0.15, 0.2) is 23.6 Å². The van der Waals surface area contributed by atoms with Crippen LogP contribution in [0.4, 0.5) is 0 Å². The number of hydrogen-bond donors (Lipinski definition) is 2. The molecule has 0 amide bonds. The Bertz CT molecular complexity index is 444. The van der Waals surface area contributed by atoms with E-state index in [1.54, 1.807) is 11.3 Å². The highest BCUT2D eigenvalue weighted by atomic mass is 32.1. The molecule has 1 aromatic heterocycles. The van der Waals surface area contributed by atoms with Crippen molar-refractivity contribution in [1.82, 2.24) is 5.32 Å². The van der Waals surface area contributed by atoms with Crippen LogP contribution in [-0.2, 0) is 11.3 Å². The highest BCUT2D eigenvalue weighted by molar-refractivity contribution is 7.10. The third-order valence-electron chi connectivity index (χ3n) is 4.19. The van der Waals surface area contributed by atoms with Crippen molar-refractivity contribution >= 4 is 11.3 Å². The molecule has 0 spiro atoms. The lowest BCUT2D eigenvalue weighted by atomic mass is 9.85. The monoisotopic (exact) mass is 309 g/mol. The average Bonchev–Trinajstić information content (AvgIpc) is 2.87. The Labute approximate surface area is 132 Å². The van der Waals surface area contributed by atoms with Gasteiger partial charge in [-0.3, -0.25) is 0 Å². The molecular formula is C17H27NO2S. The maximum atomic E-state index is 9.94. The van der Waals surface area contributed by atoms with Crippen LogP contribution in [0.5, 0.6) is 0 Å². The van der Waals surface area contributed by atoms with Crippen molar-refractivity contribution in [2.24, 2.45) is 11.8 Å². The Morgan fingerprint density at radius 2 is 2.24 bits per heavy atom. The number of hydrogen-bond acceptors (Lipinski definition) is 4. The minimum atomic E-state index is -0.431. The van der Waals surface area contributed by atoms with Crippen LogP contribution in [0.1, 0.15) is 30.2 Å². The van der Waals surface area contributed by atoms with E-state index in [0.717, 1.165) is 26.0 Å². The SMILES string of the molecule is Cc1ccsc1CNCC(O)COCC1CC=CCC1C. The summed E-state index contributed by atoms with van der Waals surface area (Å²) < 4.78 is 5.70. The van der Waals surface area contributed by atoms with Crippen LogP contribution in [0.25, 0.3) is 0 Å². The van der Waals surface area contributed by atoms with E-state index in [9.17, 15) is 5.11 Å². The Hall–Kier alpha value is -0.680. The van der Waals surface area contributed by atoms with Gasteiger partial charge in [-0.15, -0.1) is 11.3 Å². The van der Waals surface area contributed by atoms with E-state index in [-0.39, 0.29) is 0 Å². The summed E-state index contributed by atoms with van der Waals surface area (Å²) in [4.78, 5) is 1.34. The van der Waals surface area contributed by atoms with Crippen LogP contribution in [0.3, 0.4) is 0 Å². The number of ether oxygens (including phenoxy) is 1. The third-order valence-corrected chi connectivity index (χ3v) is 5.22. The highest BCUT2D eigenvalue weighted by Crippen LogP contribution is 2.25. The van der Waals surface area contributed by atoms with Crippen LogP contribution in [0.2, 0.25) is 0 Å². The Kier molecular flexibility index (Phi) is 6.90. The summed E-state index contributed by atoms with van der Waals surface area (Å²) in [5, 5.41) is 15.3. The molecule has 3 unspecified atom stereocenters. The number of aliphatic hydroxyl groups is 1. The lowest BCUT2D eigenvalue weighted by molar-refractivity contribution is 0.0128. The number of nitrogens with one attached hydrogen (secondary N) is 1. The van der Waals surface area contributed by atoms with Gasteiger partial charge in [0.15, 0.2) is 0 Å². The first kappa shape index (κ1) is 16.7. The fourth-order valence-corrected chi connectivity index (χ4v) is 3.47. The van der Waals surface area contributed by atoms with Gasteiger partial charge >= 0.3 is 0 Å². The Balaban J connectivity index is 1.56. The first-order valence-electron chi connectivity index (χ1n) is 7.81. The van der Waals surface area contributed by atoms with Gasteiger partial charge in [0, 0.05) is 18.0 Å². The van der Waals surface area contributed by atoms with Crippen molar-refractivity contribution in [2.75, 3.05) is 19.8 Å². The van der Waals surface area contributed by atoms with E-state index in [2.05, 4.69) is 42.8 Å². The molecule has 3 atom stereocenters. The van der Waals surface area contributed by atoms with Gasteiger partial charge in [-0.1, -0.05) is 19.1 Å². The van der Waals surface area contributed by atoms with Gasteiger partial charge < -0.3 is 15.2 Å². The second-order valence-corrected chi connectivity index (χ2v) is 7.03. The molecule has 0 bridgehead atoms. The van der Waals surface area contributed by atoms with Gasteiger partial charge in [-0.25, -0.2) is 0 Å². The highest BCUT2D eigenvalue weighted by Gasteiger charge is 2.18. The minimum Gasteiger partial charge on any atom is -0.389 e. The molecule has 2 rings (SSSR count). The summed E-state index contributed by atoms with van der Waals surface area (Å²) in [5.41, 5.74) is 1.32. The van der Waals surface area contributed by atoms with Crippen LogP contribution in [0, 0.1) is 18.8 Å². The van der Waals surface area contributed by atoms with Crippen LogP contribution < -0.4 is 5.32 Å². The molecule has 1 aliphatic rings. The van der Waals surface area contributed by atoms with Crippen molar-refractivity contribution in [3.8, 4) is 0 Å². The Morgan fingerprint density at radius 1 is 1.43 bits per heavy atom. The zero-order valence-corrected chi connectivity index (χ0v) is 13.9. The Morgan fingerprint density at radius 3 is 2.95 bits per heavy atom. The van der Waals surface area contributed by atoms with E-state index >= 15 is 0 Å². The van der Waals surface area contributed by atoms with Gasteiger partial charge in [0.2, 0.25) is 0 Å². The summed E-state index contributed by atoms with van der Waals surface area (Å²) in [7, 11) is 0. The number of rotatable bonds is 8. The molecule has 1 aliphatic carbocycles. The van der Waals surface area contributed by atoms with E-state index in [4.69, 9.17) is 4.74 Å². The second-order valence-electron chi connectivity index (χ2n) is 6.03. The van der Waals surface area contributed by atoms with E-state index in [0.29, 0.717) is 25.0 Å². The molecule has 3 nitrogen and oxygen atoms in total. The maximum absolute atomic E-state index is 9.94. The summed E-state index contributed by atoms with van der Waals surface area (Å²) >= 11 is 1.76. The topological polar surface area (TPSA) is 41.5 Å². The van der Waals surface area contributed by atoms with Gasteiger partial charge in [0.05, 0.1) is 19.3 Å². The summed E-state index contributed by atoms with van der Waals surface area (Å²) in [6.45, 7) is 6.98. The quantitative estimate of drug-likeness (QED) is 0.725. The van der Waals surface area contributed by atoms with Crippen molar-refractivity contribution in [3.63, 3.8) is 0 Å². The van der Waals surface area contributed by atoms with Crippen molar-refractivity contribution < 1.29 is 9.84 Å². The van der Waals surface area contributed by atoms with Gasteiger partial charge in [0.25, 0.3) is 0 Å². The number of allylic oxidation sites excluding steroid dienone is 2. The number of aliphatic hydroxyl groups excluding tert-OH is 1. The molecule has 2 N–H and O–H groups in total. The smallest absolute Gasteiger partial charge is 0.0897 e. The standard InChI is InChI=1S/C17H27NO2S/c1-13-5-3-4-6-15(13)11-20-12-16(19)9-18-10-17-14(2)7-8-21-17/h3-4,7-8,13,15-16,18-19H,5-6,9-12H2,1-2H3. The molecular weight excluding hydrogens is 282 g/mol. The van der Waals surface area contributed by atoms with E-state index in [1.165, 1.54) is 10.4 Å². The van der Waals surface area contributed by atoms with Crippen molar-refractivity contribution in [1.29, 1.82) is 0 Å². The minimum absolute atomic E-state index is 0.420. The molecule has 0 saturated heterocycles. The zero-order valence-electron chi connectivity index (χ0n) is 13.0. The van der Waals surface area contributed by atoms with E-state index in [1.807, 2.05) is 0 Å². The van der Waals surface area contributed by atoms with Gasteiger partial charge in [-0.2, -0.15) is 0 Å². The molecule has 1 heterocycles. The summed E-state index contributed by atoms with van der Waals surface area (Å²) in [5.74, 6) is 1.29. The van der Waals surface area contributed by atoms with Gasteiger partial charge in [0.1, 0.15) is 0 Å². The average molecular weight is 309 g/mol. The van der Waals surface area contributed by atoms with Crippen LogP contribution >= 0.6 is 11.3 Å². The predicted molar refractivity (Wildman–Crippen MR) is 88.6 cm³/mol. The normalized spacial score (nSPS) is 23.4. The maximum Gasteiger partial charge on any atom is 0.0897 e. The molecule has 21 heavy (non-hydrogen) atoms. The zero-order chi connectivity index (χ0) is 15.1. The lowest BCUT2D eigenvalue weighted by Crippen LogP contribution is -2.31. The molecule has 0 aromatic carbocycles. The number of aryl methyl sites for hydroxylation is 1. The number of thiophene rings is 1. The summed E-state index contributed by atoms with van der Waals surface area (Å²) in [6, 6.07) is 2.13. The fraction of sp³-hybridized carbons (Fsp3) is 0.647. The molecule has 4 heteroatoms. The van der Waals surface area contributed by atoms with Crippen LogP contribution in [-0.4, -0.2) is 31.0 Å². The largest absolute Gasteiger partial charge is 0.389 e. The first-order chi connectivity index (χ1) is 10.2. The predicted octanol–water partition coefficient (Wildman–Crippen LogP) is 3.13. The summed E-state index contributed by atoms with van der Waals surface area (Å²) in [6.07, 6.45) is 6.33. The fourth-order valence-electron chi connectivity index (χ4n) is 2.59.